The van der Waals surface area contributed by atoms with Crippen LogP contribution in [0.2, 0.25) is 0 Å². The number of hydrogen-bond donors (Lipinski definition) is 1. The number of nitrogens with zero attached hydrogens (tertiary/aromatic N) is 2. The Labute approximate surface area is 205 Å². The average molecular weight is 488 g/mol. The molecule has 0 unspecified atom stereocenters. The third-order valence-electron chi connectivity index (χ3n) is 5.19. The van der Waals surface area contributed by atoms with Crippen molar-refractivity contribution in [3.63, 3.8) is 0 Å². The van der Waals surface area contributed by atoms with Crippen LogP contribution >= 0.6 is 0 Å². The van der Waals surface area contributed by atoms with Gasteiger partial charge >= 0.3 is 12.0 Å². The summed E-state index contributed by atoms with van der Waals surface area (Å²) in [7, 11) is 0. The fraction of sp³-hybridized carbons (Fsp3) is 0.480. The van der Waals surface area contributed by atoms with Crippen LogP contribution in [0, 0.1) is 12.8 Å². The van der Waals surface area contributed by atoms with E-state index in [0.717, 1.165) is 11.3 Å². The number of esters is 1. The highest BCUT2D eigenvalue weighted by Gasteiger charge is 2.24. The second kappa shape index (κ2) is 12.1. The molecular formula is C25H33N3O7. The van der Waals surface area contributed by atoms with E-state index >= 15 is 0 Å². The summed E-state index contributed by atoms with van der Waals surface area (Å²) < 4.78 is 21.4. The zero-order valence-electron chi connectivity index (χ0n) is 20.7. The molecule has 3 amide bonds. The van der Waals surface area contributed by atoms with Crippen molar-refractivity contribution in [3.8, 4) is 11.5 Å². The maximum absolute atomic E-state index is 13.4. The van der Waals surface area contributed by atoms with Gasteiger partial charge in [0.15, 0.2) is 11.5 Å². The second-order valence-electron chi connectivity index (χ2n) is 8.69. The number of urea groups is 1. The van der Waals surface area contributed by atoms with Crippen molar-refractivity contribution in [2.75, 3.05) is 33.0 Å². The first-order chi connectivity index (χ1) is 16.7. The Bertz CT molecular complexity index is 1030. The maximum Gasteiger partial charge on any atom is 0.325 e. The van der Waals surface area contributed by atoms with Gasteiger partial charge in [-0.3, -0.25) is 9.59 Å². The van der Waals surface area contributed by atoms with E-state index in [4.69, 9.17) is 18.6 Å². The fourth-order valence-corrected chi connectivity index (χ4v) is 3.65. The van der Waals surface area contributed by atoms with Crippen molar-refractivity contribution in [1.82, 2.24) is 15.1 Å². The van der Waals surface area contributed by atoms with Gasteiger partial charge in [-0.1, -0.05) is 19.9 Å². The molecule has 2 heterocycles. The Morgan fingerprint density at radius 2 is 1.83 bits per heavy atom. The first-order valence-corrected chi connectivity index (χ1v) is 11.6. The Kier molecular flexibility index (Phi) is 8.99. The summed E-state index contributed by atoms with van der Waals surface area (Å²) in [6, 6.07) is 8.69. The number of aryl methyl sites for hydroxylation is 1. The van der Waals surface area contributed by atoms with E-state index in [9.17, 15) is 14.4 Å². The minimum absolute atomic E-state index is 0.117. The SMILES string of the molecule is CCOC(=O)CNC(=O)N(CC(=O)N(Cc1ccc2c(c1)OCO2)Cc1ccc(C)o1)CC(C)C. The van der Waals surface area contributed by atoms with E-state index in [2.05, 4.69) is 5.32 Å². The minimum atomic E-state index is -0.533. The van der Waals surface area contributed by atoms with Gasteiger partial charge in [0.25, 0.3) is 0 Å². The van der Waals surface area contributed by atoms with Gasteiger partial charge in [0.1, 0.15) is 24.6 Å². The molecule has 0 saturated heterocycles. The van der Waals surface area contributed by atoms with Crippen molar-refractivity contribution in [1.29, 1.82) is 0 Å². The number of fused-ring (bicyclic) bond motifs is 1. The van der Waals surface area contributed by atoms with E-state index in [1.165, 1.54) is 4.90 Å². The monoisotopic (exact) mass is 487 g/mol. The molecule has 3 rings (SSSR count). The molecule has 1 N–H and O–H groups in total. The summed E-state index contributed by atoms with van der Waals surface area (Å²) in [5.41, 5.74) is 0.855. The topological polar surface area (TPSA) is 111 Å². The lowest BCUT2D eigenvalue weighted by molar-refractivity contribution is -0.141. The summed E-state index contributed by atoms with van der Waals surface area (Å²) in [6.07, 6.45) is 0. The Balaban J connectivity index is 1.74. The van der Waals surface area contributed by atoms with Crippen LogP contribution in [0.4, 0.5) is 4.79 Å². The van der Waals surface area contributed by atoms with Gasteiger partial charge in [-0.2, -0.15) is 0 Å². The van der Waals surface area contributed by atoms with E-state index in [1.54, 1.807) is 11.8 Å². The molecule has 0 aliphatic carbocycles. The third kappa shape index (κ3) is 7.66. The Morgan fingerprint density at radius 1 is 1.06 bits per heavy atom. The van der Waals surface area contributed by atoms with Crippen LogP contribution in [0.5, 0.6) is 11.5 Å². The van der Waals surface area contributed by atoms with Gasteiger partial charge < -0.3 is 33.7 Å². The van der Waals surface area contributed by atoms with Crippen LogP contribution in [-0.2, 0) is 27.4 Å². The quantitative estimate of drug-likeness (QED) is 0.485. The van der Waals surface area contributed by atoms with E-state index < -0.39 is 12.0 Å². The van der Waals surface area contributed by atoms with Crippen molar-refractivity contribution in [3.05, 3.63) is 47.4 Å². The van der Waals surface area contributed by atoms with Crippen molar-refractivity contribution < 1.29 is 33.0 Å². The molecule has 35 heavy (non-hydrogen) atoms. The zero-order chi connectivity index (χ0) is 25.4. The van der Waals surface area contributed by atoms with Gasteiger partial charge in [-0.05, 0) is 49.6 Å². The molecule has 0 bridgehead atoms. The first-order valence-electron chi connectivity index (χ1n) is 11.6. The van der Waals surface area contributed by atoms with Crippen molar-refractivity contribution >= 4 is 17.9 Å². The Morgan fingerprint density at radius 3 is 2.51 bits per heavy atom. The molecule has 0 atom stereocenters. The predicted octanol–water partition coefficient (Wildman–Crippen LogP) is 3.08. The van der Waals surface area contributed by atoms with Crippen LogP contribution in [-0.4, -0.2) is 60.7 Å². The lowest BCUT2D eigenvalue weighted by Gasteiger charge is -2.28. The Hall–Kier alpha value is -3.69. The number of amides is 3. The largest absolute Gasteiger partial charge is 0.465 e. The predicted molar refractivity (Wildman–Crippen MR) is 127 cm³/mol. The standard InChI is InChI=1S/C25H33N3O7/c1-5-32-24(30)11-26-25(31)28(12-17(2)3)15-23(29)27(14-20-8-6-18(4)35-20)13-19-7-9-21-22(10-19)34-16-33-21/h6-10,17H,5,11-16H2,1-4H3,(H,26,31). The van der Waals surface area contributed by atoms with Crippen molar-refractivity contribution in [2.45, 2.75) is 40.8 Å². The van der Waals surface area contributed by atoms with Crippen LogP contribution in [0.1, 0.15) is 37.9 Å². The van der Waals surface area contributed by atoms with Crippen LogP contribution in [0.25, 0.3) is 0 Å². The highest BCUT2D eigenvalue weighted by molar-refractivity contribution is 5.86. The third-order valence-corrected chi connectivity index (χ3v) is 5.19. The normalized spacial score (nSPS) is 11.9. The van der Waals surface area contributed by atoms with E-state index in [0.29, 0.717) is 23.8 Å². The van der Waals surface area contributed by atoms with Gasteiger partial charge in [0.2, 0.25) is 12.7 Å². The lowest BCUT2D eigenvalue weighted by atomic mass is 10.1. The van der Waals surface area contributed by atoms with E-state index in [1.807, 2.05) is 51.1 Å². The number of ether oxygens (including phenoxy) is 3. The molecule has 0 fully saturated rings. The molecule has 190 valence electrons. The van der Waals surface area contributed by atoms with Crippen LogP contribution in [0.3, 0.4) is 0 Å². The molecule has 10 heteroatoms. The van der Waals surface area contributed by atoms with Gasteiger partial charge in [0.05, 0.1) is 13.2 Å². The molecule has 1 aliphatic rings. The maximum atomic E-state index is 13.4. The number of nitrogens with one attached hydrogen (secondary N) is 1. The van der Waals surface area contributed by atoms with Crippen LogP contribution < -0.4 is 14.8 Å². The van der Waals surface area contributed by atoms with Crippen molar-refractivity contribution in [2.24, 2.45) is 5.92 Å². The number of hydrogen-bond acceptors (Lipinski definition) is 7. The summed E-state index contributed by atoms with van der Waals surface area (Å²) >= 11 is 0. The number of rotatable bonds is 11. The molecule has 1 aliphatic heterocycles. The number of carbonyl (C=O) groups excluding carboxylic acids is 3. The number of furan rings is 1. The second-order valence-corrected chi connectivity index (χ2v) is 8.69. The molecule has 0 radical (unpaired) electrons. The van der Waals surface area contributed by atoms with Crippen LogP contribution in [0.15, 0.2) is 34.7 Å². The summed E-state index contributed by atoms with van der Waals surface area (Å²) in [4.78, 5) is 40.9. The summed E-state index contributed by atoms with van der Waals surface area (Å²) in [5, 5.41) is 2.54. The van der Waals surface area contributed by atoms with E-state index in [-0.39, 0.29) is 51.4 Å². The fourth-order valence-electron chi connectivity index (χ4n) is 3.65. The lowest BCUT2D eigenvalue weighted by Crippen LogP contribution is -2.48. The highest BCUT2D eigenvalue weighted by Crippen LogP contribution is 2.33. The highest BCUT2D eigenvalue weighted by atomic mass is 16.7. The molecule has 0 saturated carbocycles. The molecule has 2 aromatic rings. The molecule has 0 spiro atoms. The zero-order valence-corrected chi connectivity index (χ0v) is 20.7. The first kappa shape index (κ1) is 25.9. The molecule has 10 nitrogen and oxygen atoms in total. The smallest absolute Gasteiger partial charge is 0.325 e. The number of carbonyl (C=O) groups is 3. The molecular weight excluding hydrogens is 454 g/mol. The summed E-state index contributed by atoms with van der Waals surface area (Å²) in [5.74, 6) is 2.00. The van der Waals surface area contributed by atoms with Gasteiger partial charge in [0, 0.05) is 13.1 Å². The van der Waals surface area contributed by atoms with Gasteiger partial charge in [-0.25, -0.2) is 4.79 Å². The molecule has 1 aromatic heterocycles. The van der Waals surface area contributed by atoms with Gasteiger partial charge in [-0.15, -0.1) is 0 Å². The average Bonchev–Trinajstić information content (AvgIpc) is 3.44. The number of benzene rings is 1. The molecule has 1 aromatic carbocycles. The minimum Gasteiger partial charge on any atom is -0.465 e. The summed E-state index contributed by atoms with van der Waals surface area (Å²) in [6.45, 7) is 8.28.